The standard InChI is InChI=1S/C22H26N4O3S/c1-15-24-12-16(30-15)13-26-8-10-29-21(14-26)20-11-18(22(27)23-7-9-28-2)17-5-3-4-6-19(17)25-20/h3-6,11-12,21H,7-10,13-14H2,1-2H3,(H,23,27)/t21-/m0/s1. The van der Waals surface area contributed by atoms with Gasteiger partial charge in [-0.15, -0.1) is 11.3 Å². The fraction of sp³-hybridized carbons (Fsp3) is 0.409. The highest BCUT2D eigenvalue weighted by Gasteiger charge is 2.25. The lowest BCUT2D eigenvalue weighted by Crippen LogP contribution is -2.38. The first-order chi connectivity index (χ1) is 14.6. The minimum absolute atomic E-state index is 0.125. The maximum atomic E-state index is 12.8. The molecule has 2 aromatic heterocycles. The summed E-state index contributed by atoms with van der Waals surface area (Å²) in [5.74, 6) is -0.125. The number of aryl methyl sites for hydroxylation is 1. The predicted octanol–water partition coefficient (Wildman–Crippen LogP) is 2.95. The number of carbonyl (C=O) groups excluding carboxylic acids is 1. The van der Waals surface area contributed by atoms with Crippen LogP contribution in [0.4, 0.5) is 0 Å². The third kappa shape index (κ3) is 4.84. The van der Waals surface area contributed by atoms with Crippen LogP contribution in [0.15, 0.2) is 36.5 Å². The van der Waals surface area contributed by atoms with Crippen molar-refractivity contribution in [2.75, 3.05) is 40.0 Å². The monoisotopic (exact) mass is 426 g/mol. The molecule has 1 amide bonds. The number of methoxy groups -OCH3 is 1. The number of nitrogens with zero attached hydrogens (tertiary/aromatic N) is 3. The number of para-hydroxylation sites is 1. The molecule has 0 saturated carbocycles. The largest absolute Gasteiger partial charge is 0.383 e. The number of nitrogens with one attached hydrogen (secondary N) is 1. The predicted molar refractivity (Wildman–Crippen MR) is 117 cm³/mol. The first-order valence-electron chi connectivity index (χ1n) is 10.1. The van der Waals surface area contributed by atoms with Crippen LogP contribution < -0.4 is 5.32 Å². The van der Waals surface area contributed by atoms with Crippen LogP contribution in [-0.4, -0.2) is 60.7 Å². The molecule has 0 bridgehead atoms. The Hall–Kier alpha value is -2.39. The molecule has 7 nitrogen and oxygen atoms in total. The van der Waals surface area contributed by atoms with Gasteiger partial charge in [0.1, 0.15) is 6.10 Å². The second kappa shape index (κ2) is 9.61. The molecule has 1 saturated heterocycles. The van der Waals surface area contributed by atoms with Crippen molar-refractivity contribution in [1.82, 2.24) is 20.2 Å². The van der Waals surface area contributed by atoms with Gasteiger partial charge in [-0.2, -0.15) is 0 Å². The molecule has 30 heavy (non-hydrogen) atoms. The number of ether oxygens (including phenoxy) is 2. The highest BCUT2D eigenvalue weighted by atomic mass is 32.1. The van der Waals surface area contributed by atoms with Crippen molar-refractivity contribution in [1.29, 1.82) is 0 Å². The van der Waals surface area contributed by atoms with E-state index in [0.717, 1.165) is 41.2 Å². The molecule has 4 rings (SSSR count). The second-order valence-corrected chi connectivity index (χ2v) is 8.62. The van der Waals surface area contributed by atoms with E-state index in [4.69, 9.17) is 14.5 Å². The van der Waals surface area contributed by atoms with Crippen LogP contribution in [0.3, 0.4) is 0 Å². The van der Waals surface area contributed by atoms with E-state index in [1.807, 2.05) is 43.5 Å². The Balaban J connectivity index is 1.57. The van der Waals surface area contributed by atoms with E-state index in [1.165, 1.54) is 4.88 Å². The van der Waals surface area contributed by atoms with Gasteiger partial charge < -0.3 is 14.8 Å². The fourth-order valence-corrected chi connectivity index (χ4v) is 4.47. The van der Waals surface area contributed by atoms with Gasteiger partial charge in [-0.3, -0.25) is 9.69 Å². The SMILES string of the molecule is COCCNC(=O)c1cc([C@@H]2CN(Cc3cnc(C)s3)CCO2)nc2ccccc12. The quantitative estimate of drug-likeness (QED) is 0.586. The summed E-state index contributed by atoms with van der Waals surface area (Å²) in [7, 11) is 1.62. The molecule has 3 aromatic rings. The van der Waals surface area contributed by atoms with Crippen LogP contribution in [0, 0.1) is 6.92 Å². The average Bonchev–Trinajstić information content (AvgIpc) is 3.17. The molecule has 1 fully saturated rings. The van der Waals surface area contributed by atoms with Gasteiger partial charge in [-0.05, 0) is 19.1 Å². The van der Waals surface area contributed by atoms with Crippen molar-refractivity contribution >= 4 is 28.1 Å². The van der Waals surface area contributed by atoms with Gasteiger partial charge in [0.15, 0.2) is 0 Å². The summed E-state index contributed by atoms with van der Waals surface area (Å²) in [4.78, 5) is 25.6. The molecule has 1 N–H and O–H groups in total. The Morgan fingerprint density at radius 1 is 1.40 bits per heavy atom. The van der Waals surface area contributed by atoms with Gasteiger partial charge in [0.05, 0.1) is 35.0 Å². The van der Waals surface area contributed by atoms with E-state index in [2.05, 4.69) is 15.2 Å². The summed E-state index contributed by atoms with van der Waals surface area (Å²) in [6.07, 6.45) is 1.77. The number of rotatable bonds is 7. The van der Waals surface area contributed by atoms with Crippen LogP contribution in [0.25, 0.3) is 10.9 Å². The summed E-state index contributed by atoms with van der Waals surface area (Å²) in [6, 6.07) is 9.59. The minimum Gasteiger partial charge on any atom is -0.383 e. The number of aromatic nitrogens is 2. The topological polar surface area (TPSA) is 76.6 Å². The molecule has 0 radical (unpaired) electrons. The molecule has 8 heteroatoms. The smallest absolute Gasteiger partial charge is 0.252 e. The molecule has 0 aliphatic carbocycles. The molecular formula is C22H26N4O3S. The number of benzene rings is 1. The number of morpholine rings is 1. The van der Waals surface area contributed by atoms with Crippen molar-refractivity contribution in [2.24, 2.45) is 0 Å². The van der Waals surface area contributed by atoms with Gasteiger partial charge in [0.25, 0.3) is 5.91 Å². The lowest BCUT2D eigenvalue weighted by molar-refractivity contribution is -0.0345. The van der Waals surface area contributed by atoms with Crippen LogP contribution >= 0.6 is 11.3 Å². The van der Waals surface area contributed by atoms with E-state index in [0.29, 0.717) is 25.3 Å². The first kappa shape index (κ1) is 20.9. The zero-order valence-electron chi connectivity index (χ0n) is 17.3. The van der Waals surface area contributed by atoms with E-state index in [9.17, 15) is 4.79 Å². The molecule has 1 aromatic carbocycles. The number of thiazole rings is 1. The van der Waals surface area contributed by atoms with E-state index in [-0.39, 0.29) is 12.0 Å². The van der Waals surface area contributed by atoms with Crippen LogP contribution in [-0.2, 0) is 16.0 Å². The maximum absolute atomic E-state index is 12.8. The lowest BCUT2D eigenvalue weighted by Gasteiger charge is -2.32. The molecule has 1 aliphatic rings. The normalized spacial score (nSPS) is 17.3. The minimum atomic E-state index is -0.178. The van der Waals surface area contributed by atoms with E-state index in [1.54, 1.807) is 18.4 Å². The Bertz CT molecular complexity index is 1020. The zero-order chi connectivity index (χ0) is 20.9. The third-order valence-electron chi connectivity index (χ3n) is 5.10. The third-order valence-corrected chi connectivity index (χ3v) is 6.00. The highest BCUT2D eigenvalue weighted by molar-refractivity contribution is 7.11. The van der Waals surface area contributed by atoms with Crippen molar-refractivity contribution in [2.45, 2.75) is 19.6 Å². The van der Waals surface area contributed by atoms with E-state index >= 15 is 0 Å². The van der Waals surface area contributed by atoms with Crippen LogP contribution in [0.2, 0.25) is 0 Å². The molecule has 3 heterocycles. The molecule has 158 valence electrons. The molecule has 1 aliphatic heterocycles. The van der Waals surface area contributed by atoms with Crippen LogP contribution in [0.1, 0.15) is 32.0 Å². The molecular weight excluding hydrogens is 400 g/mol. The van der Waals surface area contributed by atoms with Crippen molar-refractivity contribution in [3.63, 3.8) is 0 Å². The summed E-state index contributed by atoms with van der Waals surface area (Å²) < 4.78 is 11.1. The average molecular weight is 427 g/mol. The van der Waals surface area contributed by atoms with Crippen molar-refractivity contribution in [3.8, 4) is 0 Å². The Morgan fingerprint density at radius 2 is 2.27 bits per heavy atom. The summed E-state index contributed by atoms with van der Waals surface area (Å²) in [5, 5.41) is 4.83. The number of fused-ring (bicyclic) bond motifs is 1. The van der Waals surface area contributed by atoms with Crippen LogP contribution in [0.5, 0.6) is 0 Å². The summed E-state index contributed by atoms with van der Waals surface area (Å²) in [5.41, 5.74) is 2.20. The number of carbonyl (C=O) groups is 1. The lowest BCUT2D eigenvalue weighted by atomic mass is 10.0. The molecule has 1 atom stereocenters. The van der Waals surface area contributed by atoms with E-state index < -0.39 is 0 Å². The number of hydrogen-bond donors (Lipinski definition) is 1. The highest BCUT2D eigenvalue weighted by Crippen LogP contribution is 2.27. The number of hydrogen-bond acceptors (Lipinski definition) is 7. The Morgan fingerprint density at radius 3 is 3.07 bits per heavy atom. The van der Waals surface area contributed by atoms with Crippen molar-refractivity contribution in [3.05, 3.63) is 57.7 Å². The van der Waals surface area contributed by atoms with Crippen molar-refractivity contribution < 1.29 is 14.3 Å². The van der Waals surface area contributed by atoms with Gasteiger partial charge in [0, 0.05) is 49.7 Å². The second-order valence-electron chi connectivity index (χ2n) is 7.30. The fourth-order valence-electron chi connectivity index (χ4n) is 3.63. The van der Waals surface area contributed by atoms with Gasteiger partial charge in [-0.1, -0.05) is 18.2 Å². The maximum Gasteiger partial charge on any atom is 0.252 e. The summed E-state index contributed by atoms with van der Waals surface area (Å²) >= 11 is 1.72. The van der Waals surface area contributed by atoms with Gasteiger partial charge in [-0.25, -0.2) is 9.97 Å². The molecule has 0 spiro atoms. The zero-order valence-corrected chi connectivity index (χ0v) is 18.1. The Labute approximate surface area is 180 Å². The molecule has 0 unspecified atom stereocenters. The Kier molecular flexibility index (Phi) is 6.69. The number of amides is 1. The van der Waals surface area contributed by atoms with Gasteiger partial charge in [0.2, 0.25) is 0 Å². The number of pyridine rings is 1. The first-order valence-corrected chi connectivity index (χ1v) is 10.9. The summed E-state index contributed by atoms with van der Waals surface area (Å²) in [6.45, 7) is 6.03. The van der Waals surface area contributed by atoms with Gasteiger partial charge >= 0.3 is 0 Å².